The smallest absolute Gasteiger partial charge is 0.793 e. The summed E-state index contributed by atoms with van der Waals surface area (Å²) in [6.45, 7) is 28.6. The SMILES string of the molecule is C.CC(=O)OOC(C)=O.CC(C)(C)OC(=O)N1CCC(C=O)CC1.CC(C)(C)OC(=O)N1CCC(CC=O)CC1.CC1(C)OB(c2ccccc2N)OC1(C)C.N#Cc1ccc(Br)cn1.N#Cc1ccc(Nc2ncc(-c3ccccc3N)cn2)cn1.N#Cc1ccc(Nc2ncc(-c3ccccc3NCC3CCNCC3)cn2)cn1.N#Cc1ccc(Nc2ncc(Br)cn2)cn1.Nc1ncc(Br)cn1.[B-]OC(C)=O.[Na+]. The topological polar surface area (TPSA) is 579 Å². The number of nitrogens with zero attached hydrogens (tertiary/aromatic N) is 18. The van der Waals surface area contributed by atoms with Gasteiger partial charge in [0.05, 0.1) is 55.8 Å². The summed E-state index contributed by atoms with van der Waals surface area (Å²) >= 11 is 9.62. The van der Waals surface area contributed by atoms with Crippen LogP contribution in [0.1, 0.15) is 165 Å². The van der Waals surface area contributed by atoms with Crippen LogP contribution in [0, 0.1) is 63.1 Å². The van der Waals surface area contributed by atoms with Gasteiger partial charge in [0.1, 0.15) is 70.8 Å². The number of rotatable bonds is 15. The van der Waals surface area contributed by atoms with Gasteiger partial charge in [0, 0.05) is 171 Å². The van der Waals surface area contributed by atoms with Crippen LogP contribution in [0.25, 0.3) is 22.3 Å². The Balaban J connectivity index is 0.000000348. The molecule has 12 heterocycles. The molecule has 3 aromatic carbocycles. The van der Waals surface area contributed by atoms with E-state index in [1.165, 1.54) is 19.8 Å². The van der Waals surface area contributed by atoms with Crippen molar-refractivity contribution in [2.75, 3.05) is 84.3 Å². The molecule has 0 aliphatic carbocycles. The molecule has 11 aromatic rings. The summed E-state index contributed by atoms with van der Waals surface area (Å²) in [5.41, 5.74) is 26.5. The van der Waals surface area contributed by atoms with E-state index in [2.05, 4.69) is 169 Å². The van der Waals surface area contributed by atoms with E-state index in [0.717, 1.165) is 130 Å². The maximum absolute atomic E-state index is 11.7. The minimum atomic E-state index is -0.639. The molecule has 761 valence electrons. The molecule has 2 amide bonds. The van der Waals surface area contributed by atoms with Crippen molar-refractivity contribution in [3.8, 4) is 46.5 Å². The first-order valence-corrected chi connectivity index (χ1v) is 47.3. The fourth-order valence-electron chi connectivity index (χ4n) is 12.4. The molecule has 11 N–H and O–H groups in total. The monoisotopic (exact) mass is 2190 g/mol. The zero-order chi connectivity index (χ0) is 106. The maximum atomic E-state index is 11.7. The third-order valence-electron chi connectivity index (χ3n) is 20.4. The summed E-state index contributed by atoms with van der Waals surface area (Å²) in [6.07, 6.45) is 27.6. The Hall–Kier alpha value is -14.1. The molecule has 40 nitrogen and oxygen atoms in total. The zero-order valence-electron chi connectivity index (χ0n) is 83.0. The van der Waals surface area contributed by atoms with Gasteiger partial charge in [-0.1, -0.05) is 62.0 Å². The summed E-state index contributed by atoms with van der Waals surface area (Å²) in [6, 6.07) is 44.9. The number of hydrogen-bond donors (Lipinski definition) is 8. The minimum Gasteiger partial charge on any atom is -0.793 e. The minimum absolute atomic E-state index is 0. The van der Waals surface area contributed by atoms with Gasteiger partial charge in [-0.25, -0.2) is 88.8 Å². The average molecular weight is 2190 g/mol. The largest absolute Gasteiger partial charge is 1.00 e. The van der Waals surface area contributed by atoms with Crippen molar-refractivity contribution >= 4 is 169 Å². The van der Waals surface area contributed by atoms with Crippen LogP contribution in [0.3, 0.4) is 0 Å². The normalized spacial score (nSPS) is 13.4. The van der Waals surface area contributed by atoms with E-state index in [0.29, 0.717) is 108 Å². The van der Waals surface area contributed by atoms with E-state index >= 15 is 0 Å². The van der Waals surface area contributed by atoms with Crippen molar-refractivity contribution in [2.45, 2.75) is 165 Å². The van der Waals surface area contributed by atoms with Crippen molar-refractivity contribution in [3.63, 3.8) is 0 Å². The number of piperidine rings is 3. The van der Waals surface area contributed by atoms with Crippen molar-refractivity contribution in [3.05, 3.63) is 232 Å². The van der Waals surface area contributed by atoms with Gasteiger partial charge in [0.15, 0.2) is 0 Å². The number of carbonyl (C=O) groups is 7. The van der Waals surface area contributed by atoms with Gasteiger partial charge >= 0.3 is 60.8 Å². The molecule has 46 heteroatoms. The second kappa shape index (κ2) is 64.6. The number of benzene rings is 3. The number of pyridine rings is 4. The first-order valence-electron chi connectivity index (χ1n) is 45.0. The van der Waals surface area contributed by atoms with E-state index in [1.54, 1.807) is 120 Å². The van der Waals surface area contributed by atoms with Crippen LogP contribution in [0.2, 0.25) is 0 Å². The van der Waals surface area contributed by atoms with E-state index in [1.807, 2.05) is 167 Å². The Morgan fingerprint density at radius 3 is 1.21 bits per heavy atom. The molecule has 146 heavy (non-hydrogen) atoms. The van der Waals surface area contributed by atoms with E-state index in [4.69, 9.17) is 57.0 Å². The molecular weight excluding hydrogens is 2070 g/mol. The van der Waals surface area contributed by atoms with Crippen LogP contribution in [-0.2, 0) is 57.2 Å². The van der Waals surface area contributed by atoms with E-state index in [9.17, 15) is 33.6 Å². The average Bonchev–Trinajstić information content (AvgIpc) is 1.62. The molecule has 0 spiro atoms. The number of likely N-dealkylation sites (tertiary alicyclic amines) is 2. The maximum Gasteiger partial charge on any atom is 1.00 e. The van der Waals surface area contributed by atoms with E-state index < -0.39 is 29.1 Å². The Morgan fingerprint density at radius 1 is 0.486 bits per heavy atom. The molecule has 8 aromatic heterocycles. The third-order valence-corrected chi connectivity index (χ3v) is 21.7. The fourth-order valence-corrected chi connectivity index (χ4v) is 13.0. The van der Waals surface area contributed by atoms with Crippen LogP contribution >= 0.6 is 47.8 Å². The summed E-state index contributed by atoms with van der Waals surface area (Å²) < 4.78 is 28.5. The van der Waals surface area contributed by atoms with Crippen LogP contribution in [0.4, 0.5) is 67.5 Å². The Morgan fingerprint density at radius 2 is 0.849 bits per heavy atom. The Bertz CT molecular complexity index is 5980. The molecule has 0 saturated carbocycles. The molecule has 0 atom stereocenters. The number of para-hydroxylation sites is 3. The molecule has 4 fully saturated rings. The first kappa shape index (κ1) is 124. The molecule has 4 aliphatic rings. The van der Waals surface area contributed by atoms with Gasteiger partial charge in [0.2, 0.25) is 29.8 Å². The second-order valence-electron chi connectivity index (χ2n) is 34.5. The van der Waals surface area contributed by atoms with Crippen LogP contribution < -0.4 is 78.8 Å². The second-order valence-corrected chi connectivity index (χ2v) is 37.2. The Labute approximate surface area is 899 Å². The number of amides is 2. The number of hydrogen-bond acceptors (Lipinski definition) is 38. The number of nitrogen functional groups attached to an aromatic ring is 3. The number of aldehydes is 2. The van der Waals surface area contributed by atoms with Gasteiger partial charge in [0.25, 0.3) is 0 Å². The number of nitrogens with two attached hydrogens (primary N) is 3. The van der Waals surface area contributed by atoms with E-state index in [-0.39, 0.29) is 73.4 Å². The zero-order valence-corrected chi connectivity index (χ0v) is 89.8. The Kier molecular flexibility index (Phi) is 54.9. The predicted octanol–water partition coefficient (Wildman–Crippen LogP) is 14.0. The van der Waals surface area contributed by atoms with Crippen LogP contribution in [0.15, 0.2) is 209 Å². The molecule has 15 rings (SSSR count). The molecule has 0 unspecified atom stereocenters. The number of nitriles is 4. The van der Waals surface area contributed by atoms with Crippen molar-refractivity contribution in [1.29, 1.82) is 21.0 Å². The summed E-state index contributed by atoms with van der Waals surface area (Å²) in [7, 11) is 3.95. The summed E-state index contributed by atoms with van der Waals surface area (Å²) in [5.74, 6) is 1.23. The molecular formula is C100H119B2Br3N26NaO14. The molecule has 3 radical (unpaired) electrons. The van der Waals surface area contributed by atoms with Gasteiger partial charge in [-0.05, 0) is 247 Å². The van der Waals surface area contributed by atoms with Gasteiger partial charge in [-0.2, -0.15) is 21.0 Å². The summed E-state index contributed by atoms with van der Waals surface area (Å²) in [4.78, 5) is 133. The number of anilines is 10. The van der Waals surface area contributed by atoms with Gasteiger partial charge < -0.3 is 94.7 Å². The van der Waals surface area contributed by atoms with Crippen molar-refractivity contribution in [2.24, 2.45) is 17.8 Å². The number of carbonyl (C=O) groups excluding carboxylic acids is 7. The number of nitrogens with one attached hydrogen (secondary N) is 5. The van der Waals surface area contributed by atoms with Crippen molar-refractivity contribution in [1.82, 2.24) is 74.9 Å². The standard InChI is InChI=1S/C22H23N7.C16H12N6.C12H18BNO2.C12H21NO3.C11H19NO3.C10H6BrN5.C6H3BrN2.C4H4BrN3.C4H6O4.C2H3BO2.CH4.Na/c23-11-18-5-6-19(15-25-18)29-22-27-13-17(14-28-22)20-3-1-2-4-21(20)26-12-16-7-9-24-10-8-16;17-7-12-5-6-13(10-19-12)22-16-20-8-11(9-21-16)14-3-1-2-4-15(14)18;1-11(2)12(3,4)16-13(15-11)9-7-5-6-8-10(9)14;1-12(2,3)16-11(15)13-7-4-10(5-8-13)6-9-14;1-11(2,3)15-10(14)12-6-4-9(8-13)5-7-12;11-7-4-14-10(15-5-7)16-9-2-1-8(3-12)13-6-9;7-5-1-2-6(3-8)9-4-5;5-3-1-7-4(6)8-2-3;1-3(5)7-8-4(2)6;1-2(4)5-3;;/h1-6,13-16,24,26H,7-10,12H2,(H,27,28,29);1-6,8-10H,18H2,(H,20,21,22);5-8H,14H2,1-4H3;9-10H,4-8H2,1-3H3;8-9H,4-7H2,1-3H3;1-2,4-6H,(H,14,15,16);1-2,4H;1-2H,(H2,6,7,8);1-2H3;1H3;1H4;/q;;;;;;;;;-1;;+1. The fraction of sp³-hybridized carbons (Fsp3) is 0.350. The molecule has 0 bridgehead atoms. The van der Waals surface area contributed by atoms with Crippen LogP contribution in [0.5, 0.6) is 0 Å². The molecule has 4 saturated heterocycles. The number of halogens is 3. The first-order chi connectivity index (χ1) is 68.5. The number of aromatic nitrogens is 12. The van der Waals surface area contributed by atoms with Crippen molar-refractivity contribution < 1.29 is 96.3 Å². The molecule has 4 aliphatic heterocycles. The third kappa shape index (κ3) is 47.6. The summed E-state index contributed by atoms with van der Waals surface area (Å²) in [5, 5.41) is 50.5. The van der Waals surface area contributed by atoms with Gasteiger partial charge in [-0.15, -0.1) is 0 Å². The van der Waals surface area contributed by atoms with Gasteiger partial charge in [-0.3, -0.25) is 4.79 Å². The van der Waals surface area contributed by atoms with Crippen LogP contribution in [-0.4, -0.2) is 196 Å². The quantitative estimate of drug-likeness (QED) is 0.0155. The number of ether oxygens (including phenoxy) is 2. The predicted molar refractivity (Wildman–Crippen MR) is 563 cm³/mol.